The van der Waals surface area contributed by atoms with Crippen LogP contribution < -0.4 is 10.6 Å². The van der Waals surface area contributed by atoms with Crippen molar-refractivity contribution in [1.29, 1.82) is 0 Å². The van der Waals surface area contributed by atoms with Crippen molar-refractivity contribution in [2.75, 3.05) is 23.7 Å². The van der Waals surface area contributed by atoms with Gasteiger partial charge in [0.1, 0.15) is 17.5 Å². The lowest BCUT2D eigenvalue weighted by molar-refractivity contribution is 0.536. The maximum atomic E-state index is 4.46. The molecule has 2 rings (SSSR count). The summed E-state index contributed by atoms with van der Waals surface area (Å²) >= 11 is 0. The van der Waals surface area contributed by atoms with Crippen LogP contribution in [0.2, 0.25) is 0 Å². The van der Waals surface area contributed by atoms with Crippen molar-refractivity contribution in [3.05, 3.63) is 11.9 Å². The molecule has 1 aliphatic carbocycles. The Balaban J connectivity index is 1.90. The van der Waals surface area contributed by atoms with Crippen LogP contribution in [0.5, 0.6) is 0 Å². The minimum Gasteiger partial charge on any atom is -0.370 e. The highest BCUT2D eigenvalue weighted by molar-refractivity contribution is 5.47. The second kappa shape index (κ2) is 6.73. The molecule has 106 valence electrons. The smallest absolute Gasteiger partial charge is 0.131 e. The standard InChI is InChI=1S/C15H26N4/c1-4-7-16-14-9-15(19-12(3)18-14)17-10-13-6-5-11(2)8-13/h9,11,13H,4-8,10H2,1-3H3,(H2,16,17,18,19). The number of nitrogens with one attached hydrogen (secondary N) is 2. The molecule has 0 amide bonds. The van der Waals surface area contributed by atoms with Gasteiger partial charge in [0.15, 0.2) is 0 Å². The molecule has 4 nitrogen and oxygen atoms in total. The minimum atomic E-state index is 0.803. The average molecular weight is 262 g/mol. The van der Waals surface area contributed by atoms with Gasteiger partial charge in [-0.05, 0) is 38.0 Å². The lowest BCUT2D eigenvalue weighted by atomic mass is 10.1. The Morgan fingerprint density at radius 1 is 1.21 bits per heavy atom. The van der Waals surface area contributed by atoms with Crippen LogP contribution in [0.4, 0.5) is 11.6 Å². The van der Waals surface area contributed by atoms with Crippen molar-refractivity contribution in [3.8, 4) is 0 Å². The number of nitrogens with zero attached hydrogens (tertiary/aromatic N) is 2. The lowest BCUT2D eigenvalue weighted by Gasteiger charge is -2.13. The summed E-state index contributed by atoms with van der Waals surface area (Å²) in [5.41, 5.74) is 0. The van der Waals surface area contributed by atoms with Crippen LogP contribution >= 0.6 is 0 Å². The molecule has 0 aromatic carbocycles. The number of hydrogen-bond donors (Lipinski definition) is 2. The molecule has 1 aromatic heterocycles. The Bertz CT molecular complexity index is 405. The van der Waals surface area contributed by atoms with E-state index in [1.807, 2.05) is 13.0 Å². The van der Waals surface area contributed by atoms with Crippen LogP contribution in [-0.2, 0) is 0 Å². The van der Waals surface area contributed by atoms with Crippen LogP contribution in [0, 0.1) is 18.8 Å². The minimum absolute atomic E-state index is 0.803. The maximum absolute atomic E-state index is 4.46. The number of anilines is 2. The molecule has 19 heavy (non-hydrogen) atoms. The van der Waals surface area contributed by atoms with E-state index >= 15 is 0 Å². The van der Waals surface area contributed by atoms with Gasteiger partial charge in [-0.2, -0.15) is 0 Å². The van der Waals surface area contributed by atoms with Gasteiger partial charge >= 0.3 is 0 Å². The number of aromatic nitrogens is 2. The summed E-state index contributed by atoms with van der Waals surface area (Å²) in [6, 6.07) is 2.01. The van der Waals surface area contributed by atoms with Gasteiger partial charge in [-0.25, -0.2) is 9.97 Å². The van der Waals surface area contributed by atoms with Crippen molar-refractivity contribution in [1.82, 2.24) is 9.97 Å². The van der Waals surface area contributed by atoms with Crippen molar-refractivity contribution in [2.45, 2.75) is 46.5 Å². The third-order valence-corrected chi connectivity index (χ3v) is 3.77. The molecule has 0 aliphatic heterocycles. The number of hydrogen-bond acceptors (Lipinski definition) is 4. The van der Waals surface area contributed by atoms with Crippen LogP contribution in [0.15, 0.2) is 6.07 Å². The largest absolute Gasteiger partial charge is 0.370 e. The lowest BCUT2D eigenvalue weighted by Crippen LogP contribution is -2.13. The quantitative estimate of drug-likeness (QED) is 0.824. The van der Waals surface area contributed by atoms with Gasteiger partial charge in [0.25, 0.3) is 0 Å². The monoisotopic (exact) mass is 262 g/mol. The summed E-state index contributed by atoms with van der Waals surface area (Å²) in [6.07, 6.45) is 5.17. The first-order chi connectivity index (χ1) is 9.17. The first-order valence-electron chi connectivity index (χ1n) is 7.50. The summed E-state index contributed by atoms with van der Waals surface area (Å²) in [5, 5.41) is 6.79. The molecule has 0 saturated heterocycles. The molecule has 1 saturated carbocycles. The number of rotatable bonds is 6. The van der Waals surface area contributed by atoms with Crippen LogP contribution in [0.25, 0.3) is 0 Å². The number of aryl methyl sites for hydroxylation is 1. The van der Waals surface area contributed by atoms with Crippen molar-refractivity contribution >= 4 is 11.6 Å². The zero-order chi connectivity index (χ0) is 13.7. The van der Waals surface area contributed by atoms with E-state index in [1.54, 1.807) is 0 Å². The summed E-state index contributed by atoms with van der Waals surface area (Å²) < 4.78 is 0. The second-order valence-corrected chi connectivity index (χ2v) is 5.78. The van der Waals surface area contributed by atoms with Crippen LogP contribution in [0.1, 0.15) is 45.4 Å². The van der Waals surface area contributed by atoms with Gasteiger partial charge < -0.3 is 10.6 Å². The SMILES string of the molecule is CCCNc1cc(NCC2CCC(C)C2)nc(C)n1. The van der Waals surface area contributed by atoms with E-state index in [0.717, 1.165) is 48.8 Å². The fraction of sp³-hybridized carbons (Fsp3) is 0.733. The fourth-order valence-electron chi connectivity index (χ4n) is 2.76. The molecule has 1 heterocycles. The highest BCUT2D eigenvalue weighted by Gasteiger charge is 2.20. The van der Waals surface area contributed by atoms with Gasteiger partial charge in [0.05, 0.1) is 0 Å². The Kier molecular flexibility index (Phi) is 5.00. The normalized spacial score (nSPS) is 22.5. The van der Waals surface area contributed by atoms with E-state index in [2.05, 4.69) is 34.4 Å². The van der Waals surface area contributed by atoms with E-state index in [0.29, 0.717) is 0 Å². The Labute approximate surface area is 116 Å². The van der Waals surface area contributed by atoms with Crippen molar-refractivity contribution < 1.29 is 0 Å². The van der Waals surface area contributed by atoms with Gasteiger partial charge in [0.2, 0.25) is 0 Å². The Morgan fingerprint density at radius 2 is 1.95 bits per heavy atom. The predicted molar refractivity (Wildman–Crippen MR) is 80.5 cm³/mol. The molecule has 1 fully saturated rings. The second-order valence-electron chi connectivity index (χ2n) is 5.78. The summed E-state index contributed by atoms with van der Waals surface area (Å²) in [6.45, 7) is 8.44. The molecule has 2 atom stereocenters. The molecule has 0 radical (unpaired) electrons. The molecule has 0 spiro atoms. The van der Waals surface area contributed by atoms with Crippen LogP contribution in [-0.4, -0.2) is 23.1 Å². The summed E-state index contributed by atoms with van der Waals surface area (Å²) in [5.74, 6) is 4.39. The molecule has 1 aliphatic rings. The Morgan fingerprint density at radius 3 is 2.58 bits per heavy atom. The summed E-state index contributed by atoms with van der Waals surface area (Å²) in [7, 11) is 0. The van der Waals surface area contributed by atoms with Crippen molar-refractivity contribution in [2.24, 2.45) is 11.8 Å². The molecule has 4 heteroatoms. The van der Waals surface area contributed by atoms with E-state index in [-0.39, 0.29) is 0 Å². The van der Waals surface area contributed by atoms with Gasteiger partial charge in [-0.15, -0.1) is 0 Å². The molecule has 1 aromatic rings. The van der Waals surface area contributed by atoms with Crippen molar-refractivity contribution in [3.63, 3.8) is 0 Å². The fourth-order valence-corrected chi connectivity index (χ4v) is 2.76. The third kappa shape index (κ3) is 4.37. The highest BCUT2D eigenvalue weighted by Crippen LogP contribution is 2.30. The van der Waals surface area contributed by atoms with E-state index in [1.165, 1.54) is 19.3 Å². The molecular formula is C15H26N4. The maximum Gasteiger partial charge on any atom is 0.131 e. The van der Waals surface area contributed by atoms with Gasteiger partial charge in [-0.1, -0.05) is 20.3 Å². The van der Waals surface area contributed by atoms with Crippen LogP contribution in [0.3, 0.4) is 0 Å². The molecular weight excluding hydrogens is 236 g/mol. The Hall–Kier alpha value is -1.32. The first-order valence-corrected chi connectivity index (χ1v) is 7.50. The van der Waals surface area contributed by atoms with Gasteiger partial charge in [-0.3, -0.25) is 0 Å². The summed E-state index contributed by atoms with van der Waals surface area (Å²) in [4.78, 5) is 8.86. The predicted octanol–water partition coefficient (Wildman–Crippen LogP) is 3.46. The zero-order valence-corrected chi connectivity index (χ0v) is 12.4. The van der Waals surface area contributed by atoms with E-state index < -0.39 is 0 Å². The van der Waals surface area contributed by atoms with E-state index in [4.69, 9.17) is 0 Å². The zero-order valence-electron chi connectivity index (χ0n) is 12.4. The van der Waals surface area contributed by atoms with E-state index in [9.17, 15) is 0 Å². The van der Waals surface area contributed by atoms with Gasteiger partial charge in [0, 0.05) is 19.2 Å². The topological polar surface area (TPSA) is 49.8 Å². The molecule has 2 unspecified atom stereocenters. The molecule has 0 bridgehead atoms. The third-order valence-electron chi connectivity index (χ3n) is 3.77. The molecule has 2 N–H and O–H groups in total. The average Bonchev–Trinajstić information content (AvgIpc) is 2.79. The highest BCUT2D eigenvalue weighted by atomic mass is 15.1. The first kappa shape index (κ1) is 14.1.